The summed E-state index contributed by atoms with van der Waals surface area (Å²) in [6.07, 6.45) is 1.67. The van der Waals surface area contributed by atoms with Gasteiger partial charge in [0.15, 0.2) is 0 Å². The fourth-order valence-electron chi connectivity index (χ4n) is 2.41. The van der Waals surface area contributed by atoms with E-state index < -0.39 is 10.8 Å². The number of hydrogen-bond acceptors (Lipinski definition) is 4. The van der Waals surface area contributed by atoms with Crippen LogP contribution in [0.3, 0.4) is 0 Å². The molecule has 0 aliphatic carbocycles. The lowest BCUT2D eigenvalue weighted by molar-refractivity contribution is -0.385. The van der Waals surface area contributed by atoms with Crippen LogP contribution in [0.25, 0.3) is 0 Å². The number of anilines is 1. The summed E-state index contributed by atoms with van der Waals surface area (Å²) in [6, 6.07) is 12.9. The van der Waals surface area contributed by atoms with Gasteiger partial charge in [0.05, 0.1) is 4.92 Å². The first kappa shape index (κ1) is 17.1. The normalized spacial score (nSPS) is 13.3. The van der Waals surface area contributed by atoms with E-state index in [1.54, 1.807) is 25.3 Å². The maximum Gasteiger partial charge on any atom is 0.272 e. The molecule has 0 saturated heterocycles. The van der Waals surface area contributed by atoms with Gasteiger partial charge in [-0.3, -0.25) is 14.3 Å². The summed E-state index contributed by atoms with van der Waals surface area (Å²) in [4.78, 5) is 10.7. The number of nitrogens with zero attached hydrogens (tertiary/aromatic N) is 1. The Labute approximate surface area is 138 Å². The Bertz CT molecular complexity index is 746. The van der Waals surface area contributed by atoms with Gasteiger partial charge in [-0.05, 0) is 37.1 Å². The minimum absolute atomic E-state index is 0.0725. The van der Waals surface area contributed by atoms with Crippen molar-refractivity contribution in [2.45, 2.75) is 25.6 Å². The molecule has 2 aromatic carbocycles. The Kier molecular flexibility index (Phi) is 5.50. The molecule has 23 heavy (non-hydrogen) atoms. The van der Waals surface area contributed by atoms with Crippen LogP contribution in [-0.2, 0) is 16.6 Å². The van der Waals surface area contributed by atoms with Gasteiger partial charge in [0.1, 0.15) is 0 Å². The van der Waals surface area contributed by atoms with Crippen molar-refractivity contribution in [2.24, 2.45) is 0 Å². The maximum atomic E-state index is 11.3. The van der Waals surface area contributed by atoms with Gasteiger partial charge >= 0.3 is 0 Å². The monoisotopic (exact) mass is 332 g/mol. The molecule has 2 aromatic rings. The topological polar surface area (TPSA) is 72.2 Å². The Morgan fingerprint density at radius 2 is 2.00 bits per heavy atom. The molecule has 0 fully saturated rings. The third-order valence-electron chi connectivity index (χ3n) is 3.61. The summed E-state index contributed by atoms with van der Waals surface area (Å²) in [5.41, 5.74) is 3.54. The van der Waals surface area contributed by atoms with Gasteiger partial charge in [0, 0.05) is 46.2 Å². The van der Waals surface area contributed by atoms with Crippen LogP contribution in [0.5, 0.6) is 0 Å². The van der Waals surface area contributed by atoms with E-state index in [2.05, 4.69) is 5.32 Å². The van der Waals surface area contributed by atoms with E-state index in [9.17, 15) is 14.3 Å². The number of benzene rings is 2. The van der Waals surface area contributed by atoms with Gasteiger partial charge in [0.2, 0.25) is 0 Å². The molecule has 6 heteroatoms. The molecule has 122 valence electrons. The summed E-state index contributed by atoms with van der Waals surface area (Å²) < 4.78 is 11.3. The van der Waals surface area contributed by atoms with E-state index in [0.717, 1.165) is 16.8 Å². The van der Waals surface area contributed by atoms with Gasteiger partial charge in [-0.1, -0.05) is 24.3 Å². The molecular weight excluding hydrogens is 312 g/mol. The summed E-state index contributed by atoms with van der Waals surface area (Å²) >= 11 is 0. The average molecular weight is 332 g/mol. The van der Waals surface area contributed by atoms with Crippen LogP contribution in [0.1, 0.15) is 29.7 Å². The molecule has 0 aliphatic heterocycles. The second-order valence-electron chi connectivity index (χ2n) is 5.59. The van der Waals surface area contributed by atoms with Crippen LogP contribution < -0.4 is 5.32 Å². The zero-order valence-electron chi connectivity index (χ0n) is 13.4. The molecule has 2 atom stereocenters. The van der Waals surface area contributed by atoms with Crippen molar-refractivity contribution in [1.82, 2.24) is 0 Å². The molecule has 0 unspecified atom stereocenters. The largest absolute Gasteiger partial charge is 0.379 e. The van der Waals surface area contributed by atoms with Crippen LogP contribution in [0, 0.1) is 17.0 Å². The van der Waals surface area contributed by atoms with Crippen molar-refractivity contribution >= 4 is 22.2 Å². The lowest BCUT2D eigenvalue weighted by atomic mass is 10.0. The number of nitro groups is 1. The number of aryl methyl sites for hydroxylation is 1. The van der Waals surface area contributed by atoms with Crippen molar-refractivity contribution in [3.8, 4) is 0 Å². The van der Waals surface area contributed by atoms with Gasteiger partial charge in [0.25, 0.3) is 5.69 Å². The molecule has 0 radical (unpaired) electrons. The summed E-state index contributed by atoms with van der Waals surface area (Å²) in [5.74, 6) is 0.514. The highest BCUT2D eigenvalue weighted by atomic mass is 32.2. The van der Waals surface area contributed by atoms with Crippen molar-refractivity contribution in [3.05, 3.63) is 69.3 Å². The Hall–Kier alpha value is -2.21. The number of hydrogen-bond donors (Lipinski definition) is 1. The third kappa shape index (κ3) is 4.63. The molecule has 5 nitrogen and oxygen atoms in total. The molecule has 0 heterocycles. The first-order valence-corrected chi connectivity index (χ1v) is 9.00. The predicted molar refractivity (Wildman–Crippen MR) is 94.1 cm³/mol. The average Bonchev–Trinajstić information content (AvgIpc) is 2.46. The molecule has 0 aromatic heterocycles. The standard InChI is InChI=1S/C17H20N2O3S/c1-12-7-8-15(10-17(12)19(20)21)13(2)18-16-6-4-5-14(9-16)11-23(3)22/h4-10,13,18H,11H2,1-3H3/t13-,23-/m1/s1. The highest BCUT2D eigenvalue weighted by molar-refractivity contribution is 7.83. The van der Waals surface area contributed by atoms with Gasteiger partial charge in [-0.2, -0.15) is 0 Å². The lowest BCUT2D eigenvalue weighted by Crippen LogP contribution is -2.08. The van der Waals surface area contributed by atoms with Gasteiger partial charge in [-0.25, -0.2) is 0 Å². The van der Waals surface area contributed by atoms with E-state index >= 15 is 0 Å². The third-order valence-corrected chi connectivity index (χ3v) is 4.35. The molecular formula is C17H20N2O3S. The SMILES string of the molecule is Cc1ccc([C@@H](C)Nc2cccc(C[S@@](C)=O)c2)cc1[N+](=O)[O-]. The summed E-state index contributed by atoms with van der Waals surface area (Å²) in [7, 11) is -0.887. The summed E-state index contributed by atoms with van der Waals surface area (Å²) in [5, 5.41) is 14.4. The van der Waals surface area contributed by atoms with E-state index in [1.807, 2.05) is 37.3 Å². The highest BCUT2D eigenvalue weighted by Crippen LogP contribution is 2.26. The highest BCUT2D eigenvalue weighted by Gasteiger charge is 2.14. The van der Waals surface area contributed by atoms with Crippen LogP contribution >= 0.6 is 0 Å². The first-order valence-electron chi connectivity index (χ1n) is 7.27. The fourth-order valence-corrected chi connectivity index (χ4v) is 3.06. The van der Waals surface area contributed by atoms with E-state index in [-0.39, 0.29) is 16.7 Å². The van der Waals surface area contributed by atoms with E-state index in [1.165, 1.54) is 0 Å². The minimum atomic E-state index is -0.887. The Morgan fingerprint density at radius 1 is 1.26 bits per heavy atom. The van der Waals surface area contributed by atoms with E-state index in [0.29, 0.717) is 11.3 Å². The van der Waals surface area contributed by atoms with E-state index in [4.69, 9.17) is 0 Å². The molecule has 2 rings (SSSR count). The number of rotatable bonds is 6. The lowest BCUT2D eigenvalue weighted by Gasteiger charge is -2.16. The van der Waals surface area contributed by atoms with Crippen molar-refractivity contribution in [2.75, 3.05) is 11.6 Å². The second kappa shape index (κ2) is 7.37. The Morgan fingerprint density at radius 3 is 2.65 bits per heavy atom. The van der Waals surface area contributed by atoms with Crippen LogP contribution in [0.15, 0.2) is 42.5 Å². The predicted octanol–water partition coefficient (Wildman–Crippen LogP) is 3.95. The summed E-state index contributed by atoms with van der Waals surface area (Å²) in [6.45, 7) is 3.69. The molecule has 0 saturated carbocycles. The van der Waals surface area contributed by atoms with Crippen molar-refractivity contribution in [1.29, 1.82) is 0 Å². The van der Waals surface area contributed by atoms with Crippen molar-refractivity contribution < 1.29 is 9.13 Å². The molecule has 0 spiro atoms. The minimum Gasteiger partial charge on any atom is -0.379 e. The maximum absolute atomic E-state index is 11.3. The fraction of sp³-hybridized carbons (Fsp3) is 0.294. The van der Waals surface area contributed by atoms with Crippen LogP contribution in [0.2, 0.25) is 0 Å². The quantitative estimate of drug-likeness (QED) is 0.642. The van der Waals surface area contributed by atoms with Crippen molar-refractivity contribution in [3.63, 3.8) is 0 Å². The van der Waals surface area contributed by atoms with Crippen LogP contribution in [0.4, 0.5) is 11.4 Å². The molecule has 0 aliphatic rings. The smallest absolute Gasteiger partial charge is 0.272 e. The van der Waals surface area contributed by atoms with Crippen LogP contribution in [-0.4, -0.2) is 15.4 Å². The zero-order valence-corrected chi connectivity index (χ0v) is 14.2. The molecule has 0 amide bonds. The number of nitro benzene ring substituents is 1. The molecule has 1 N–H and O–H groups in total. The molecule has 0 bridgehead atoms. The van der Waals surface area contributed by atoms with Gasteiger partial charge < -0.3 is 5.32 Å². The second-order valence-corrected chi connectivity index (χ2v) is 7.02. The Balaban J connectivity index is 2.19. The zero-order chi connectivity index (χ0) is 17.0. The number of nitrogens with one attached hydrogen (secondary N) is 1. The van der Waals surface area contributed by atoms with Gasteiger partial charge in [-0.15, -0.1) is 0 Å². The first-order chi connectivity index (χ1) is 10.9.